The Hall–Kier alpha value is -4.51. The molecule has 1 fully saturated rings. The molecule has 0 radical (unpaired) electrons. The number of aromatic nitrogens is 5. The topological polar surface area (TPSA) is 111 Å². The number of nitrogens with zero attached hydrogens (tertiary/aromatic N) is 7. The number of methoxy groups -OCH3 is 1. The van der Waals surface area contributed by atoms with Crippen molar-refractivity contribution in [3.05, 3.63) is 60.7 Å². The zero-order chi connectivity index (χ0) is 27.5. The molecule has 0 bridgehead atoms. The van der Waals surface area contributed by atoms with Crippen molar-refractivity contribution >= 4 is 28.8 Å². The number of para-hydroxylation sites is 1. The molecule has 202 valence electrons. The second-order valence-electron chi connectivity index (χ2n) is 9.49. The van der Waals surface area contributed by atoms with Crippen LogP contribution in [0.5, 0.6) is 11.5 Å². The molecule has 1 N–H and O–H groups in total. The van der Waals surface area contributed by atoms with E-state index in [0.29, 0.717) is 40.9 Å². The molecule has 0 amide bonds. The first-order valence-corrected chi connectivity index (χ1v) is 12.7. The van der Waals surface area contributed by atoms with E-state index >= 15 is 0 Å². The minimum atomic E-state index is -0.0151. The van der Waals surface area contributed by atoms with Crippen LogP contribution in [0, 0.1) is 0 Å². The first kappa shape index (κ1) is 26.1. The second kappa shape index (κ2) is 11.1. The summed E-state index contributed by atoms with van der Waals surface area (Å²) in [6.45, 7) is 3.66. The number of hydrogen-bond donors (Lipinski definition) is 1. The molecule has 11 nitrogen and oxygen atoms in total. The quantitative estimate of drug-likeness (QED) is 0.302. The van der Waals surface area contributed by atoms with E-state index in [2.05, 4.69) is 37.3 Å². The lowest BCUT2D eigenvalue weighted by molar-refractivity contribution is 0.0386. The monoisotopic (exact) mass is 528 g/mol. The van der Waals surface area contributed by atoms with Crippen molar-refractivity contribution in [3.63, 3.8) is 0 Å². The lowest BCUT2D eigenvalue weighted by Gasteiger charge is -2.35. The number of rotatable bonds is 10. The second-order valence-corrected chi connectivity index (χ2v) is 9.49. The summed E-state index contributed by atoms with van der Waals surface area (Å²) < 4.78 is 13.4. The van der Waals surface area contributed by atoms with E-state index in [9.17, 15) is 4.79 Å². The standard InChI is InChI=1S/C28H32N8O3/c1-6-24(37)21-14-30-26(32-25-11-10-18(13-29-25)39-19-15-34(2)16-19)12-23(21)36(4)22-9-7-8-20(27(22)38-5)28-31-17-35(3)33-28/h7-14,17,19H,6,15-16H2,1-5H3,(H,29,30,32). The molecule has 0 saturated carbocycles. The van der Waals surface area contributed by atoms with Crippen molar-refractivity contribution < 1.29 is 14.3 Å². The number of aryl methyl sites for hydroxylation is 1. The maximum atomic E-state index is 12.9. The van der Waals surface area contributed by atoms with Crippen molar-refractivity contribution in [2.24, 2.45) is 7.05 Å². The van der Waals surface area contributed by atoms with Gasteiger partial charge in [0.15, 0.2) is 17.4 Å². The Morgan fingerprint density at radius 2 is 1.87 bits per heavy atom. The largest absolute Gasteiger partial charge is 0.494 e. The minimum absolute atomic E-state index is 0.0151. The normalized spacial score (nSPS) is 13.6. The number of pyridine rings is 2. The van der Waals surface area contributed by atoms with Gasteiger partial charge in [-0.1, -0.05) is 13.0 Å². The van der Waals surface area contributed by atoms with E-state index < -0.39 is 0 Å². The van der Waals surface area contributed by atoms with Crippen molar-refractivity contribution in [1.82, 2.24) is 29.6 Å². The summed E-state index contributed by atoms with van der Waals surface area (Å²) in [5, 5.41) is 7.67. The summed E-state index contributed by atoms with van der Waals surface area (Å²) in [5.74, 6) is 3.03. The van der Waals surface area contributed by atoms with Crippen LogP contribution < -0.4 is 19.7 Å². The molecule has 1 aliphatic rings. The molecule has 1 aromatic carbocycles. The summed E-state index contributed by atoms with van der Waals surface area (Å²) in [6, 6.07) is 11.3. The Balaban J connectivity index is 1.44. The third-order valence-corrected chi connectivity index (χ3v) is 6.59. The Kier molecular flexibility index (Phi) is 7.42. The molecule has 4 heterocycles. The highest BCUT2D eigenvalue weighted by Gasteiger charge is 2.25. The molecule has 1 saturated heterocycles. The van der Waals surface area contributed by atoms with E-state index in [1.54, 1.807) is 30.5 Å². The van der Waals surface area contributed by atoms with E-state index in [-0.39, 0.29) is 11.9 Å². The number of benzene rings is 1. The summed E-state index contributed by atoms with van der Waals surface area (Å²) in [7, 11) is 7.38. The Morgan fingerprint density at radius 1 is 1.08 bits per heavy atom. The van der Waals surface area contributed by atoms with E-state index in [1.807, 2.05) is 62.3 Å². The number of likely N-dealkylation sites (tertiary alicyclic amines) is 1. The summed E-state index contributed by atoms with van der Waals surface area (Å²) >= 11 is 0. The van der Waals surface area contributed by atoms with Gasteiger partial charge in [0, 0.05) is 45.9 Å². The van der Waals surface area contributed by atoms with Gasteiger partial charge in [-0.25, -0.2) is 15.0 Å². The molecule has 5 rings (SSSR count). The molecule has 39 heavy (non-hydrogen) atoms. The molecule has 11 heteroatoms. The number of hydrogen-bond acceptors (Lipinski definition) is 10. The van der Waals surface area contributed by atoms with Gasteiger partial charge in [-0.2, -0.15) is 5.10 Å². The van der Waals surface area contributed by atoms with Crippen LogP contribution in [0.1, 0.15) is 23.7 Å². The van der Waals surface area contributed by atoms with Gasteiger partial charge >= 0.3 is 0 Å². The number of Topliss-reactive ketones (excluding diaryl/α,β-unsaturated/α-hetero) is 1. The van der Waals surface area contributed by atoms with Crippen molar-refractivity contribution in [2.75, 3.05) is 44.5 Å². The number of carbonyl (C=O) groups is 1. The lowest BCUT2D eigenvalue weighted by Crippen LogP contribution is -2.51. The number of likely N-dealkylation sites (N-methyl/N-ethyl adjacent to an activating group) is 1. The minimum Gasteiger partial charge on any atom is -0.494 e. The maximum Gasteiger partial charge on any atom is 0.184 e. The summed E-state index contributed by atoms with van der Waals surface area (Å²) in [4.78, 5) is 30.4. The van der Waals surface area contributed by atoms with Crippen LogP contribution in [0.2, 0.25) is 0 Å². The number of ether oxygens (including phenoxy) is 2. The van der Waals surface area contributed by atoms with Crippen LogP contribution in [0.15, 0.2) is 55.1 Å². The molecule has 0 spiro atoms. The van der Waals surface area contributed by atoms with E-state index in [4.69, 9.17) is 9.47 Å². The third kappa shape index (κ3) is 5.53. The van der Waals surface area contributed by atoms with Crippen LogP contribution >= 0.6 is 0 Å². The van der Waals surface area contributed by atoms with Crippen molar-refractivity contribution in [1.29, 1.82) is 0 Å². The fraction of sp³-hybridized carbons (Fsp3) is 0.321. The molecule has 0 unspecified atom stereocenters. The number of nitrogens with one attached hydrogen (secondary N) is 1. The first-order valence-electron chi connectivity index (χ1n) is 12.7. The molecule has 1 aliphatic heterocycles. The van der Waals surface area contributed by atoms with Gasteiger partial charge in [-0.15, -0.1) is 0 Å². The Bertz CT molecular complexity index is 1460. The van der Waals surface area contributed by atoms with E-state index in [1.165, 1.54) is 0 Å². The average molecular weight is 529 g/mol. The summed E-state index contributed by atoms with van der Waals surface area (Å²) in [6.07, 6.45) is 5.49. The van der Waals surface area contributed by atoms with Gasteiger partial charge in [0.05, 0.1) is 35.8 Å². The lowest BCUT2D eigenvalue weighted by atomic mass is 10.1. The van der Waals surface area contributed by atoms with Crippen LogP contribution in [0.25, 0.3) is 11.4 Å². The average Bonchev–Trinajstić information content (AvgIpc) is 3.37. The first-order chi connectivity index (χ1) is 18.9. The SMILES string of the molecule is CCC(=O)c1cnc(Nc2ccc(OC3CN(C)C3)cn2)cc1N(C)c1cccc(-c2ncn(C)n2)c1OC. The fourth-order valence-electron chi connectivity index (χ4n) is 4.53. The Labute approximate surface area is 227 Å². The zero-order valence-corrected chi connectivity index (χ0v) is 22.8. The van der Waals surface area contributed by atoms with Gasteiger partial charge in [0.2, 0.25) is 0 Å². The molecule has 0 aliphatic carbocycles. The van der Waals surface area contributed by atoms with Gasteiger partial charge in [-0.3, -0.25) is 14.4 Å². The van der Waals surface area contributed by atoms with Crippen LogP contribution in [-0.4, -0.2) is 75.8 Å². The highest BCUT2D eigenvalue weighted by Crippen LogP contribution is 2.41. The van der Waals surface area contributed by atoms with Crippen LogP contribution in [0.3, 0.4) is 0 Å². The molecular formula is C28H32N8O3. The van der Waals surface area contributed by atoms with Crippen molar-refractivity contribution in [3.8, 4) is 22.9 Å². The molecule has 3 aromatic heterocycles. The molecular weight excluding hydrogens is 496 g/mol. The zero-order valence-electron chi connectivity index (χ0n) is 22.8. The van der Waals surface area contributed by atoms with Gasteiger partial charge in [-0.05, 0) is 31.3 Å². The Morgan fingerprint density at radius 3 is 2.51 bits per heavy atom. The van der Waals surface area contributed by atoms with Crippen LogP contribution in [0.4, 0.5) is 23.0 Å². The number of ketones is 1. The predicted octanol–water partition coefficient (Wildman–Crippen LogP) is 4.08. The molecule has 4 aromatic rings. The van der Waals surface area contributed by atoms with E-state index in [0.717, 1.165) is 30.1 Å². The smallest absolute Gasteiger partial charge is 0.184 e. The fourth-order valence-corrected chi connectivity index (χ4v) is 4.53. The van der Waals surface area contributed by atoms with Crippen molar-refractivity contribution in [2.45, 2.75) is 19.4 Å². The highest BCUT2D eigenvalue weighted by atomic mass is 16.5. The maximum absolute atomic E-state index is 12.9. The van der Waals surface area contributed by atoms with Crippen LogP contribution in [-0.2, 0) is 7.05 Å². The highest BCUT2D eigenvalue weighted by molar-refractivity contribution is 6.02. The number of anilines is 4. The van der Waals surface area contributed by atoms with Gasteiger partial charge < -0.3 is 19.7 Å². The van der Waals surface area contributed by atoms with Gasteiger partial charge in [0.25, 0.3) is 0 Å². The van der Waals surface area contributed by atoms with Gasteiger partial charge in [0.1, 0.15) is 29.8 Å². The summed E-state index contributed by atoms with van der Waals surface area (Å²) in [5.41, 5.74) is 2.69. The predicted molar refractivity (Wildman–Crippen MR) is 149 cm³/mol. The number of carbonyl (C=O) groups excluding carboxylic acids is 1. The molecule has 0 atom stereocenters. The third-order valence-electron chi connectivity index (χ3n) is 6.59.